The van der Waals surface area contributed by atoms with Crippen LogP contribution in [0, 0.1) is 5.92 Å². The van der Waals surface area contributed by atoms with Gasteiger partial charge in [0.25, 0.3) is 0 Å². The van der Waals surface area contributed by atoms with Gasteiger partial charge in [-0.3, -0.25) is 14.5 Å². The Kier molecular flexibility index (Phi) is 6.67. The van der Waals surface area contributed by atoms with Crippen LogP contribution >= 0.6 is 0 Å². The third kappa shape index (κ3) is 4.19. The molecule has 0 spiro atoms. The van der Waals surface area contributed by atoms with Crippen molar-refractivity contribution in [1.82, 2.24) is 9.55 Å². The lowest BCUT2D eigenvalue weighted by molar-refractivity contribution is -0.153. The molecule has 2 aromatic carbocycles. The second kappa shape index (κ2) is 9.65. The summed E-state index contributed by atoms with van der Waals surface area (Å²) in [5, 5.41) is 0. The van der Waals surface area contributed by atoms with E-state index in [1.807, 2.05) is 67.5 Å². The van der Waals surface area contributed by atoms with Gasteiger partial charge in [-0.05, 0) is 43.2 Å². The molecule has 0 saturated carbocycles. The van der Waals surface area contributed by atoms with E-state index in [1.165, 1.54) is 0 Å². The molecule has 0 fully saturated rings. The van der Waals surface area contributed by atoms with Crippen molar-refractivity contribution in [3.8, 4) is 0 Å². The first-order valence-corrected chi connectivity index (χ1v) is 11.7. The molecule has 0 bridgehead atoms. The fourth-order valence-electron chi connectivity index (χ4n) is 4.55. The quantitative estimate of drug-likeness (QED) is 0.290. The largest absolute Gasteiger partial charge is 0.465 e. The molecule has 1 aromatic heterocycles. The number of anilines is 2. The fraction of sp³-hybridized carbons (Fsp3) is 0.423. The second-order valence-corrected chi connectivity index (χ2v) is 8.63. The first-order chi connectivity index (χ1) is 16.0. The Morgan fingerprint density at radius 2 is 1.79 bits per heavy atom. The van der Waals surface area contributed by atoms with Crippen LogP contribution in [-0.4, -0.2) is 48.7 Å². The first-order valence-electron chi connectivity index (χ1n) is 11.7. The van der Waals surface area contributed by atoms with E-state index in [1.54, 1.807) is 11.8 Å². The minimum atomic E-state index is -0.970. The van der Waals surface area contributed by atoms with Gasteiger partial charge in [-0.25, -0.2) is 4.98 Å². The molecule has 2 atom stereocenters. The molecule has 174 valence electrons. The van der Waals surface area contributed by atoms with Crippen molar-refractivity contribution in [2.45, 2.75) is 39.2 Å². The van der Waals surface area contributed by atoms with Gasteiger partial charge in [0.2, 0.25) is 11.9 Å². The number of hydrogen-bond acceptors (Lipinski definition) is 5. The number of unbranched alkanes of at least 4 members (excludes halogenated alkanes) is 2. The van der Waals surface area contributed by atoms with Gasteiger partial charge >= 0.3 is 5.97 Å². The number of aromatic nitrogens is 2. The summed E-state index contributed by atoms with van der Waals surface area (Å²) in [4.78, 5) is 35.5. The van der Waals surface area contributed by atoms with Crippen LogP contribution in [-0.2, 0) is 14.3 Å². The molecule has 3 aromatic rings. The molecular formula is C26H32N4O3. The number of hydrogen-bond donors (Lipinski definition) is 0. The van der Waals surface area contributed by atoms with Crippen molar-refractivity contribution >= 4 is 34.5 Å². The number of imidazole rings is 1. The number of esters is 1. The highest BCUT2D eigenvalue weighted by Crippen LogP contribution is 2.41. The minimum Gasteiger partial charge on any atom is -0.465 e. The lowest BCUT2D eigenvalue weighted by atomic mass is 9.89. The number of benzene rings is 2. The van der Waals surface area contributed by atoms with E-state index in [2.05, 4.69) is 11.5 Å². The normalized spacial score (nSPS) is 17.8. The first kappa shape index (κ1) is 22.8. The van der Waals surface area contributed by atoms with Crippen LogP contribution in [0.3, 0.4) is 0 Å². The van der Waals surface area contributed by atoms with Crippen LogP contribution in [0.2, 0.25) is 0 Å². The molecule has 7 nitrogen and oxygen atoms in total. The van der Waals surface area contributed by atoms with Crippen LogP contribution in [0.15, 0.2) is 48.5 Å². The highest BCUT2D eigenvalue weighted by atomic mass is 16.5. The van der Waals surface area contributed by atoms with Crippen LogP contribution in [0.5, 0.6) is 0 Å². The van der Waals surface area contributed by atoms with E-state index in [0.29, 0.717) is 12.5 Å². The Labute approximate surface area is 195 Å². The van der Waals surface area contributed by atoms with Crippen molar-refractivity contribution in [3.05, 3.63) is 54.1 Å². The maximum Gasteiger partial charge on any atom is 0.321 e. The molecule has 0 aliphatic carbocycles. The zero-order chi connectivity index (χ0) is 23.5. The molecule has 0 radical (unpaired) electrons. The Morgan fingerprint density at radius 1 is 1.06 bits per heavy atom. The Morgan fingerprint density at radius 3 is 2.45 bits per heavy atom. The highest BCUT2D eigenvalue weighted by Gasteiger charge is 2.47. The third-order valence-electron chi connectivity index (χ3n) is 6.22. The number of fused-ring (bicyclic) bond motifs is 3. The Hall–Kier alpha value is -3.35. The topological polar surface area (TPSA) is 67.7 Å². The van der Waals surface area contributed by atoms with Gasteiger partial charge in [0, 0.05) is 26.3 Å². The molecular weight excluding hydrogens is 416 g/mol. The summed E-state index contributed by atoms with van der Waals surface area (Å²) in [7, 11) is 3.96. The van der Waals surface area contributed by atoms with E-state index in [4.69, 9.17) is 9.72 Å². The van der Waals surface area contributed by atoms with Crippen molar-refractivity contribution in [2.24, 2.45) is 5.92 Å². The standard InChI is InChI=1S/C26H32N4O3/c1-5-7-10-17-29-24(31)22(25(32)33-6-2)23(18-13-15-19(16-14-18)28(3)4)30-21-12-9-8-11-20(21)27-26(29)30/h8-9,11-16,22-23H,5-7,10,17H2,1-4H3/t22-,23-/m0/s1. The average molecular weight is 449 g/mol. The van der Waals surface area contributed by atoms with Crippen LogP contribution in [0.1, 0.15) is 44.7 Å². The lowest BCUT2D eigenvalue weighted by Crippen LogP contribution is -2.50. The van der Waals surface area contributed by atoms with Crippen LogP contribution in [0.4, 0.5) is 11.6 Å². The summed E-state index contributed by atoms with van der Waals surface area (Å²) in [5.74, 6) is -1.11. The maximum atomic E-state index is 13.8. The van der Waals surface area contributed by atoms with Crippen LogP contribution in [0.25, 0.3) is 11.0 Å². The van der Waals surface area contributed by atoms with E-state index in [0.717, 1.165) is 41.5 Å². The van der Waals surface area contributed by atoms with E-state index >= 15 is 0 Å². The molecule has 4 rings (SSSR count). The van der Waals surface area contributed by atoms with Crippen molar-refractivity contribution in [2.75, 3.05) is 37.0 Å². The van der Waals surface area contributed by atoms with E-state index in [-0.39, 0.29) is 12.5 Å². The van der Waals surface area contributed by atoms with Gasteiger partial charge in [-0.2, -0.15) is 0 Å². The van der Waals surface area contributed by atoms with Gasteiger partial charge in [0.05, 0.1) is 23.7 Å². The van der Waals surface area contributed by atoms with E-state index < -0.39 is 17.9 Å². The van der Waals surface area contributed by atoms with Crippen LogP contribution < -0.4 is 9.80 Å². The average Bonchev–Trinajstić information content (AvgIpc) is 3.19. The summed E-state index contributed by atoms with van der Waals surface area (Å²) >= 11 is 0. The maximum absolute atomic E-state index is 13.8. The predicted octanol–water partition coefficient (Wildman–Crippen LogP) is 4.41. The number of ether oxygens (including phenoxy) is 1. The highest BCUT2D eigenvalue weighted by molar-refractivity contribution is 6.08. The van der Waals surface area contributed by atoms with Crippen molar-refractivity contribution in [3.63, 3.8) is 0 Å². The number of para-hydroxylation sites is 2. The molecule has 0 saturated heterocycles. The number of amides is 1. The number of carbonyl (C=O) groups is 2. The van der Waals surface area contributed by atoms with Gasteiger partial charge in [-0.15, -0.1) is 0 Å². The summed E-state index contributed by atoms with van der Waals surface area (Å²) in [6.07, 6.45) is 2.90. The van der Waals surface area contributed by atoms with Crippen molar-refractivity contribution < 1.29 is 14.3 Å². The summed E-state index contributed by atoms with van der Waals surface area (Å²) in [6.45, 7) is 4.64. The minimum absolute atomic E-state index is 0.224. The number of carbonyl (C=O) groups excluding carboxylic acids is 2. The van der Waals surface area contributed by atoms with Crippen molar-refractivity contribution in [1.29, 1.82) is 0 Å². The second-order valence-electron chi connectivity index (χ2n) is 8.63. The summed E-state index contributed by atoms with van der Waals surface area (Å²) < 4.78 is 7.47. The molecule has 33 heavy (non-hydrogen) atoms. The Bertz CT molecular complexity index is 1140. The summed E-state index contributed by atoms with van der Waals surface area (Å²) in [5.41, 5.74) is 3.63. The zero-order valence-electron chi connectivity index (χ0n) is 19.8. The molecule has 7 heteroatoms. The van der Waals surface area contributed by atoms with Gasteiger partial charge in [0.1, 0.15) is 0 Å². The predicted molar refractivity (Wildman–Crippen MR) is 131 cm³/mol. The Balaban J connectivity index is 1.91. The number of rotatable bonds is 8. The van der Waals surface area contributed by atoms with Gasteiger partial charge < -0.3 is 14.2 Å². The van der Waals surface area contributed by atoms with Gasteiger partial charge in [-0.1, -0.05) is 44.0 Å². The lowest BCUT2D eigenvalue weighted by Gasteiger charge is -2.38. The third-order valence-corrected chi connectivity index (χ3v) is 6.22. The summed E-state index contributed by atoms with van der Waals surface area (Å²) in [6, 6.07) is 15.3. The smallest absolute Gasteiger partial charge is 0.321 e. The molecule has 2 heterocycles. The van der Waals surface area contributed by atoms with E-state index in [9.17, 15) is 9.59 Å². The van der Waals surface area contributed by atoms with Gasteiger partial charge in [0.15, 0.2) is 5.92 Å². The molecule has 0 N–H and O–H groups in total. The SMILES string of the molecule is CCCCCN1C(=O)[C@@H](C(=O)OCC)[C@H](c2ccc(N(C)C)cc2)n2c1nc1ccccc12. The molecule has 1 amide bonds. The zero-order valence-corrected chi connectivity index (χ0v) is 19.8. The molecule has 1 aliphatic heterocycles. The molecule has 1 aliphatic rings. The monoisotopic (exact) mass is 448 g/mol. The molecule has 0 unspecified atom stereocenters. The number of nitrogens with zero attached hydrogens (tertiary/aromatic N) is 4. The fourth-order valence-corrected chi connectivity index (χ4v) is 4.55.